The molecule has 3 aliphatic heterocycles. The summed E-state index contributed by atoms with van der Waals surface area (Å²) >= 11 is 0. The molecule has 11 nitrogen and oxygen atoms in total. The normalized spacial score (nSPS) is 24.4. The molecule has 3 heterocycles. The molecule has 3 N–H and O–H groups in total. The van der Waals surface area contributed by atoms with Gasteiger partial charge in [-0.25, -0.2) is 0 Å². The van der Waals surface area contributed by atoms with E-state index in [1.54, 1.807) is 34.1 Å². The number of amides is 5. The van der Waals surface area contributed by atoms with E-state index in [2.05, 4.69) is 16.0 Å². The maximum atomic E-state index is 13.6. The van der Waals surface area contributed by atoms with Gasteiger partial charge in [0, 0.05) is 32.6 Å². The van der Waals surface area contributed by atoms with Crippen molar-refractivity contribution in [3.8, 4) is 5.75 Å². The van der Waals surface area contributed by atoms with Crippen molar-refractivity contribution in [2.45, 2.75) is 70.5 Å². The zero-order valence-corrected chi connectivity index (χ0v) is 22.7. The molecular formula is C28H39N5O6. The maximum Gasteiger partial charge on any atom is 0.255 e. The van der Waals surface area contributed by atoms with Crippen LogP contribution in [0.25, 0.3) is 0 Å². The summed E-state index contributed by atoms with van der Waals surface area (Å²) in [7, 11) is 0. The van der Waals surface area contributed by atoms with E-state index in [4.69, 9.17) is 4.74 Å². The van der Waals surface area contributed by atoms with Gasteiger partial charge in [-0.2, -0.15) is 0 Å². The number of carbonyl (C=O) groups excluding carboxylic acids is 5. The van der Waals surface area contributed by atoms with Gasteiger partial charge in [0.15, 0.2) is 0 Å². The average Bonchev–Trinajstić information content (AvgIpc) is 3.54. The molecule has 4 rings (SSSR count). The topological polar surface area (TPSA) is 137 Å². The van der Waals surface area contributed by atoms with Gasteiger partial charge in [0.25, 0.3) is 5.91 Å². The maximum absolute atomic E-state index is 13.6. The van der Waals surface area contributed by atoms with Gasteiger partial charge in [0.1, 0.15) is 24.4 Å². The van der Waals surface area contributed by atoms with Crippen molar-refractivity contribution in [2.24, 2.45) is 5.92 Å². The van der Waals surface area contributed by atoms with Gasteiger partial charge in [-0.3, -0.25) is 24.0 Å². The summed E-state index contributed by atoms with van der Waals surface area (Å²) in [5.74, 6) is -1.19. The van der Waals surface area contributed by atoms with Crippen LogP contribution in [-0.2, 0) is 19.2 Å². The Bertz CT molecular complexity index is 1090. The number of nitrogens with zero attached hydrogens (tertiary/aromatic N) is 2. The number of ether oxygens (including phenoxy) is 1. The second-order valence-electron chi connectivity index (χ2n) is 10.9. The fraction of sp³-hybridized carbons (Fsp3) is 0.607. The van der Waals surface area contributed by atoms with E-state index in [1.807, 2.05) is 13.8 Å². The lowest BCUT2D eigenvalue weighted by molar-refractivity contribution is -0.138. The minimum absolute atomic E-state index is 0.0487. The van der Waals surface area contributed by atoms with E-state index >= 15 is 0 Å². The first-order valence-corrected chi connectivity index (χ1v) is 13.9. The molecule has 0 radical (unpaired) electrons. The number of rotatable bonds is 6. The van der Waals surface area contributed by atoms with E-state index in [9.17, 15) is 24.0 Å². The van der Waals surface area contributed by atoms with E-state index in [1.165, 1.54) is 0 Å². The minimum atomic E-state index is -1.18. The summed E-state index contributed by atoms with van der Waals surface area (Å²) in [4.78, 5) is 68.5. The lowest BCUT2D eigenvalue weighted by Crippen LogP contribution is -2.54. The number of likely N-dealkylation sites (tertiary alicyclic amines) is 1. The summed E-state index contributed by atoms with van der Waals surface area (Å²) in [6.45, 7) is 5.96. The van der Waals surface area contributed by atoms with Gasteiger partial charge >= 0.3 is 0 Å². The molecule has 1 aromatic carbocycles. The van der Waals surface area contributed by atoms with Gasteiger partial charge in [-0.1, -0.05) is 26.0 Å². The van der Waals surface area contributed by atoms with Crippen LogP contribution in [0.15, 0.2) is 24.3 Å². The van der Waals surface area contributed by atoms with Gasteiger partial charge in [-0.15, -0.1) is 0 Å². The molecule has 3 aliphatic rings. The molecule has 0 aromatic heterocycles. The first-order valence-electron chi connectivity index (χ1n) is 13.9. The van der Waals surface area contributed by atoms with Crippen LogP contribution >= 0.6 is 0 Å². The zero-order valence-electron chi connectivity index (χ0n) is 22.7. The fourth-order valence-corrected chi connectivity index (χ4v) is 5.42. The highest BCUT2D eigenvalue weighted by atomic mass is 16.5. The monoisotopic (exact) mass is 541 g/mol. The second kappa shape index (κ2) is 12.9. The predicted molar refractivity (Wildman–Crippen MR) is 143 cm³/mol. The third-order valence-electron chi connectivity index (χ3n) is 7.43. The Labute approximate surface area is 229 Å². The summed E-state index contributed by atoms with van der Waals surface area (Å²) in [6.07, 6.45) is 3.01. The number of carbonyl (C=O) groups is 5. The summed E-state index contributed by atoms with van der Waals surface area (Å²) in [5, 5.41) is 8.27. The first kappa shape index (κ1) is 28.4. The van der Waals surface area contributed by atoms with Gasteiger partial charge in [0.2, 0.25) is 23.6 Å². The van der Waals surface area contributed by atoms with Crippen LogP contribution in [0.5, 0.6) is 5.75 Å². The third kappa shape index (κ3) is 7.27. The standard InChI is InChI=1S/C28H39N5O6/c1-18(2)15-22-28(38)33-13-5-7-19(33)17-39-23-9-4-3-8-20(23)26(36)31-21(16-24(34)30-22)27(37)29-11-14-32-12-6-10-25(32)35/h3-4,8-9,18-19,21-22H,5-7,10-17H2,1-2H3,(H,29,37)(H,30,34)(H,31,36)/t19-,21+,22+/m1/s1. The highest BCUT2D eigenvalue weighted by Gasteiger charge is 2.36. The van der Waals surface area contributed by atoms with Crippen LogP contribution in [0.3, 0.4) is 0 Å². The molecule has 11 heteroatoms. The van der Waals surface area contributed by atoms with Crippen molar-refractivity contribution < 1.29 is 28.7 Å². The van der Waals surface area contributed by atoms with Crippen molar-refractivity contribution >= 4 is 29.5 Å². The van der Waals surface area contributed by atoms with Crippen LogP contribution in [-0.4, -0.2) is 90.2 Å². The van der Waals surface area contributed by atoms with E-state index in [0.717, 1.165) is 19.3 Å². The molecule has 5 amide bonds. The van der Waals surface area contributed by atoms with E-state index in [0.29, 0.717) is 38.2 Å². The predicted octanol–water partition coefficient (Wildman–Crippen LogP) is 0.828. The number of hydrogen-bond donors (Lipinski definition) is 3. The second-order valence-corrected chi connectivity index (χ2v) is 10.9. The quantitative estimate of drug-likeness (QED) is 0.488. The Kier molecular flexibility index (Phi) is 9.42. The molecule has 212 valence electrons. The summed E-state index contributed by atoms with van der Waals surface area (Å²) < 4.78 is 6.05. The Balaban J connectivity index is 1.56. The van der Waals surface area contributed by atoms with Crippen molar-refractivity contribution in [3.63, 3.8) is 0 Å². The van der Waals surface area contributed by atoms with Gasteiger partial charge in [0.05, 0.1) is 18.0 Å². The van der Waals surface area contributed by atoms with Crippen molar-refractivity contribution in [2.75, 3.05) is 32.8 Å². The Morgan fingerprint density at radius 2 is 1.90 bits per heavy atom. The molecular weight excluding hydrogens is 502 g/mol. The van der Waals surface area contributed by atoms with Gasteiger partial charge in [-0.05, 0) is 43.7 Å². The Hall–Kier alpha value is -3.63. The van der Waals surface area contributed by atoms with Crippen molar-refractivity contribution in [1.29, 1.82) is 0 Å². The third-order valence-corrected chi connectivity index (χ3v) is 7.43. The number of para-hydroxylation sites is 1. The van der Waals surface area contributed by atoms with Crippen LogP contribution in [0, 0.1) is 5.92 Å². The molecule has 2 saturated heterocycles. The van der Waals surface area contributed by atoms with Crippen LogP contribution < -0.4 is 20.7 Å². The van der Waals surface area contributed by atoms with Crippen LogP contribution in [0.2, 0.25) is 0 Å². The molecule has 39 heavy (non-hydrogen) atoms. The largest absolute Gasteiger partial charge is 0.491 e. The molecule has 2 fully saturated rings. The molecule has 0 aliphatic carbocycles. The van der Waals surface area contributed by atoms with Crippen molar-refractivity contribution in [1.82, 2.24) is 25.8 Å². The summed E-state index contributed by atoms with van der Waals surface area (Å²) in [6, 6.07) is 4.64. The fourth-order valence-electron chi connectivity index (χ4n) is 5.42. The minimum Gasteiger partial charge on any atom is -0.491 e. The summed E-state index contributed by atoms with van der Waals surface area (Å²) in [5.41, 5.74) is 0.240. The van der Waals surface area contributed by atoms with Crippen LogP contribution in [0.4, 0.5) is 0 Å². The molecule has 3 atom stereocenters. The highest BCUT2D eigenvalue weighted by Crippen LogP contribution is 2.24. The number of nitrogens with one attached hydrogen (secondary N) is 3. The lowest BCUT2D eigenvalue weighted by Gasteiger charge is -2.31. The van der Waals surface area contributed by atoms with Gasteiger partial charge < -0.3 is 30.5 Å². The number of hydrogen-bond acceptors (Lipinski definition) is 6. The molecule has 0 saturated carbocycles. The molecule has 0 unspecified atom stereocenters. The smallest absolute Gasteiger partial charge is 0.255 e. The average molecular weight is 542 g/mol. The molecule has 1 aromatic rings. The number of fused-ring (bicyclic) bond motifs is 2. The molecule has 0 spiro atoms. The SMILES string of the molecule is CC(C)C[C@@H]1NC(=O)C[C@@H](C(=O)NCCN2CCCC2=O)NC(=O)c2ccccc2OC[C@H]2CCCN2C1=O. The number of benzene rings is 1. The first-order chi connectivity index (χ1) is 18.7. The Morgan fingerprint density at radius 3 is 2.64 bits per heavy atom. The van der Waals surface area contributed by atoms with E-state index in [-0.39, 0.29) is 48.9 Å². The Morgan fingerprint density at radius 1 is 1.10 bits per heavy atom. The lowest BCUT2D eigenvalue weighted by atomic mass is 10.0. The molecule has 0 bridgehead atoms. The van der Waals surface area contributed by atoms with E-state index < -0.39 is 29.8 Å². The van der Waals surface area contributed by atoms with Crippen LogP contribution in [0.1, 0.15) is 62.7 Å². The van der Waals surface area contributed by atoms with Crippen molar-refractivity contribution in [3.05, 3.63) is 29.8 Å². The zero-order chi connectivity index (χ0) is 27.9. The highest BCUT2D eigenvalue weighted by molar-refractivity contribution is 6.01.